The molecule has 4 aromatic carbocycles. The molecule has 51 heavy (non-hydrogen) atoms. The Balaban J connectivity index is 1.24. The second-order valence-corrected chi connectivity index (χ2v) is 12.7. The molecule has 0 unspecified atom stereocenters. The number of hydrogen-bond donors (Lipinski definition) is 4. The van der Waals surface area contributed by atoms with Crippen LogP contribution in [-0.2, 0) is 27.3 Å². The Morgan fingerprint density at radius 1 is 0.882 bits per heavy atom. The predicted molar refractivity (Wildman–Crippen MR) is 184 cm³/mol. The highest BCUT2D eigenvalue weighted by molar-refractivity contribution is 5.86. The second-order valence-electron chi connectivity index (χ2n) is 12.7. The first kappa shape index (κ1) is 33.5. The molecule has 1 aliphatic carbocycles. The molecule has 3 aliphatic rings. The highest BCUT2D eigenvalue weighted by atomic mass is 16.7. The van der Waals surface area contributed by atoms with Crippen molar-refractivity contribution in [3.05, 3.63) is 119 Å². The van der Waals surface area contributed by atoms with Gasteiger partial charge in [-0.1, -0.05) is 49.0 Å². The smallest absolute Gasteiger partial charge is 0.408 e. The monoisotopic (exact) mass is 694 g/mol. The summed E-state index contributed by atoms with van der Waals surface area (Å²) in [6.45, 7) is 4.60. The molecule has 264 valence electrons. The zero-order valence-corrected chi connectivity index (χ0v) is 28.1. The van der Waals surface area contributed by atoms with E-state index in [1.807, 2.05) is 42.5 Å². The van der Waals surface area contributed by atoms with Crippen LogP contribution in [0.5, 0.6) is 34.5 Å². The van der Waals surface area contributed by atoms with Gasteiger partial charge in [0.25, 0.3) is 0 Å². The maximum Gasteiger partial charge on any atom is 0.408 e. The van der Waals surface area contributed by atoms with E-state index in [-0.39, 0.29) is 67.2 Å². The van der Waals surface area contributed by atoms with Crippen molar-refractivity contribution in [2.75, 3.05) is 27.6 Å². The number of methoxy groups -OCH3 is 2. The Bertz CT molecular complexity index is 1920. The van der Waals surface area contributed by atoms with Crippen LogP contribution in [0.1, 0.15) is 39.8 Å². The van der Waals surface area contributed by atoms with E-state index < -0.39 is 24.1 Å². The lowest BCUT2D eigenvalue weighted by atomic mass is 9.64. The third-order valence-corrected chi connectivity index (χ3v) is 9.69. The van der Waals surface area contributed by atoms with E-state index in [4.69, 9.17) is 28.4 Å². The van der Waals surface area contributed by atoms with Crippen molar-refractivity contribution < 1.29 is 48.2 Å². The molecular formula is C39H38N2O10. The summed E-state index contributed by atoms with van der Waals surface area (Å²) >= 11 is 0. The van der Waals surface area contributed by atoms with Gasteiger partial charge in [-0.25, -0.2) is 4.79 Å². The van der Waals surface area contributed by atoms with Crippen molar-refractivity contribution in [2.24, 2.45) is 11.8 Å². The van der Waals surface area contributed by atoms with Crippen LogP contribution in [0.25, 0.3) is 0 Å². The number of nitrogens with one attached hydrogen (secondary N) is 2. The van der Waals surface area contributed by atoms with Crippen molar-refractivity contribution in [1.82, 2.24) is 10.6 Å². The van der Waals surface area contributed by atoms with Gasteiger partial charge < -0.3 is 49.3 Å². The second kappa shape index (κ2) is 14.1. The molecule has 12 nitrogen and oxygen atoms in total. The summed E-state index contributed by atoms with van der Waals surface area (Å²) in [6, 6.07) is 21.3. The summed E-state index contributed by atoms with van der Waals surface area (Å²) in [5, 5.41) is 26.6. The average Bonchev–Trinajstić information content (AvgIpc) is 3.77. The number of carbonyl (C=O) groups excluding carboxylic acids is 2. The third kappa shape index (κ3) is 6.64. The zero-order chi connectivity index (χ0) is 35.6. The van der Waals surface area contributed by atoms with Crippen molar-refractivity contribution in [3.8, 4) is 34.5 Å². The van der Waals surface area contributed by atoms with Gasteiger partial charge in [0, 0.05) is 24.2 Å². The standard InChI is InChI=1S/C39H38N2O10/c1-21-34-28(19-48-21)36(27-17-31-30(50-20-51-31)16-26(27)35(34)24-14-32(46-2)37(43)33(15-24)47-3)41-38(44)29(13-22-9-11-25(42)12-10-22)40-39(45)49-18-23-7-5-4-6-8-23/h4-12,14-17,28-29,34-36,42-43H,1,13,18-20H2,2-3H3,(H,40,45)(H,41,44)/t28-,29+,34-,35+,36+/m0/s1. The van der Waals surface area contributed by atoms with Crippen LogP contribution in [0.4, 0.5) is 4.79 Å². The highest BCUT2D eigenvalue weighted by Gasteiger charge is 2.51. The number of fused-ring (bicyclic) bond motifs is 3. The molecule has 2 heterocycles. The van der Waals surface area contributed by atoms with E-state index in [1.165, 1.54) is 26.4 Å². The van der Waals surface area contributed by atoms with Crippen LogP contribution in [0.3, 0.4) is 0 Å². The molecule has 1 saturated heterocycles. The Hall–Kier alpha value is -6.04. The maximum atomic E-state index is 14.4. The molecule has 0 bridgehead atoms. The molecule has 2 amide bonds. The number of hydrogen-bond acceptors (Lipinski definition) is 10. The first-order valence-corrected chi connectivity index (χ1v) is 16.5. The van der Waals surface area contributed by atoms with Gasteiger partial charge in [0.15, 0.2) is 23.0 Å². The summed E-state index contributed by atoms with van der Waals surface area (Å²) in [6.07, 6.45) is -0.628. The van der Waals surface area contributed by atoms with Crippen molar-refractivity contribution in [1.29, 1.82) is 0 Å². The van der Waals surface area contributed by atoms with Gasteiger partial charge in [0.1, 0.15) is 18.4 Å². The van der Waals surface area contributed by atoms with Crippen LogP contribution in [0, 0.1) is 11.8 Å². The van der Waals surface area contributed by atoms with Gasteiger partial charge in [-0.3, -0.25) is 4.79 Å². The Morgan fingerprint density at radius 2 is 1.55 bits per heavy atom. The fourth-order valence-corrected chi connectivity index (χ4v) is 7.22. The average molecular weight is 695 g/mol. The molecule has 2 aliphatic heterocycles. The first-order valence-electron chi connectivity index (χ1n) is 16.5. The van der Waals surface area contributed by atoms with E-state index in [9.17, 15) is 19.8 Å². The zero-order valence-electron chi connectivity index (χ0n) is 28.1. The van der Waals surface area contributed by atoms with E-state index in [0.29, 0.717) is 17.3 Å². The molecule has 4 N–H and O–H groups in total. The predicted octanol–water partition coefficient (Wildman–Crippen LogP) is 5.46. The van der Waals surface area contributed by atoms with E-state index >= 15 is 0 Å². The number of alkyl carbamates (subject to hydrolysis) is 1. The summed E-state index contributed by atoms with van der Waals surface area (Å²) in [7, 11) is 2.94. The van der Waals surface area contributed by atoms with Gasteiger partial charge in [-0.05, 0) is 64.2 Å². The molecule has 0 saturated carbocycles. The Labute approximate surface area is 294 Å². The summed E-state index contributed by atoms with van der Waals surface area (Å²) in [5.41, 5.74) is 3.90. The number of allylic oxidation sites excluding steroid dienone is 1. The molecule has 0 spiro atoms. The van der Waals surface area contributed by atoms with Gasteiger partial charge in [0.2, 0.25) is 18.4 Å². The summed E-state index contributed by atoms with van der Waals surface area (Å²) in [4.78, 5) is 27.4. The number of ether oxygens (including phenoxy) is 6. The van der Waals surface area contributed by atoms with Gasteiger partial charge in [-0.2, -0.15) is 0 Å². The number of benzene rings is 4. The fourth-order valence-electron chi connectivity index (χ4n) is 7.22. The minimum Gasteiger partial charge on any atom is -0.508 e. The lowest BCUT2D eigenvalue weighted by Crippen LogP contribution is -2.51. The van der Waals surface area contributed by atoms with Gasteiger partial charge >= 0.3 is 6.09 Å². The van der Waals surface area contributed by atoms with E-state index in [0.717, 1.165) is 27.8 Å². The third-order valence-electron chi connectivity index (χ3n) is 9.69. The quantitative estimate of drug-likeness (QED) is 0.168. The molecule has 0 radical (unpaired) electrons. The summed E-state index contributed by atoms with van der Waals surface area (Å²) in [5.74, 6) is 0.663. The van der Waals surface area contributed by atoms with E-state index in [1.54, 1.807) is 24.3 Å². The Morgan fingerprint density at radius 3 is 2.22 bits per heavy atom. The maximum absolute atomic E-state index is 14.4. The van der Waals surface area contributed by atoms with Crippen molar-refractivity contribution in [2.45, 2.75) is 31.0 Å². The molecule has 4 aromatic rings. The lowest BCUT2D eigenvalue weighted by molar-refractivity contribution is -0.124. The fraction of sp³-hybridized carbons (Fsp3) is 0.282. The SMILES string of the molecule is C=C1OC[C@H]2[C@H]1[C@H](c1cc(OC)c(O)c(OC)c1)c1cc3c(cc1[C@H]2NC(=O)[C@@H](Cc1ccc(O)cc1)NC(=O)OCc1ccccc1)OCO3. The van der Waals surface area contributed by atoms with Crippen LogP contribution in [0.2, 0.25) is 0 Å². The Kier molecular flexibility index (Phi) is 9.22. The molecular weight excluding hydrogens is 656 g/mol. The number of rotatable bonds is 10. The summed E-state index contributed by atoms with van der Waals surface area (Å²) < 4.78 is 34.2. The first-order chi connectivity index (χ1) is 24.7. The van der Waals surface area contributed by atoms with Crippen LogP contribution in [-0.4, -0.2) is 55.9 Å². The van der Waals surface area contributed by atoms with Gasteiger partial charge in [0.05, 0.1) is 32.6 Å². The largest absolute Gasteiger partial charge is 0.508 e. The number of amides is 2. The van der Waals surface area contributed by atoms with Crippen molar-refractivity contribution in [3.63, 3.8) is 0 Å². The topological polar surface area (TPSA) is 154 Å². The lowest BCUT2D eigenvalue weighted by Gasteiger charge is -2.41. The number of phenols is 2. The molecule has 0 aromatic heterocycles. The minimum absolute atomic E-state index is 0.0286. The van der Waals surface area contributed by atoms with Gasteiger partial charge in [-0.15, -0.1) is 0 Å². The number of phenolic OH excluding ortho intramolecular Hbond substituents is 2. The minimum atomic E-state index is -1.04. The molecule has 12 heteroatoms. The molecule has 5 atom stereocenters. The van der Waals surface area contributed by atoms with Crippen LogP contribution < -0.4 is 29.6 Å². The van der Waals surface area contributed by atoms with E-state index in [2.05, 4.69) is 17.2 Å². The van der Waals surface area contributed by atoms with Crippen LogP contribution in [0.15, 0.2) is 91.2 Å². The normalized spacial score (nSPS) is 20.3. The molecule has 1 fully saturated rings. The number of carbonyl (C=O) groups is 2. The highest BCUT2D eigenvalue weighted by Crippen LogP contribution is 2.57. The molecule has 7 rings (SSSR count). The van der Waals surface area contributed by atoms with Crippen LogP contribution >= 0.6 is 0 Å². The number of aromatic hydroxyl groups is 2. The van der Waals surface area contributed by atoms with Crippen molar-refractivity contribution >= 4 is 12.0 Å².